The van der Waals surface area contributed by atoms with E-state index in [4.69, 9.17) is 10.5 Å². The summed E-state index contributed by atoms with van der Waals surface area (Å²) in [6, 6.07) is 5.04. The van der Waals surface area contributed by atoms with Crippen LogP contribution in [0.3, 0.4) is 0 Å². The third kappa shape index (κ3) is 4.26. The van der Waals surface area contributed by atoms with E-state index < -0.39 is 6.10 Å². The van der Waals surface area contributed by atoms with Gasteiger partial charge in [-0.05, 0) is 25.1 Å². The highest BCUT2D eigenvalue weighted by Crippen LogP contribution is 2.19. The summed E-state index contributed by atoms with van der Waals surface area (Å²) in [7, 11) is 3.19. The second kappa shape index (κ2) is 7.53. The van der Waals surface area contributed by atoms with Gasteiger partial charge in [0.15, 0.2) is 0 Å². The maximum absolute atomic E-state index is 12.2. The highest BCUT2D eigenvalue weighted by atomic mass is 16.5. The summed E-state index contributed by atoms with van der Waals surface area (Å²) in [4.78, 5) is 13.7. The van der Waals surface area contributed by atoms with Crippen LogP contribution in [0.15, 0.2) is 18.2 Å². The van der Waals surface area contributed by atoms with Crippen molar-refractivity contribution < 1.29 is 14.6 Å². The predicted molar refractivity (Wildman–Crippen MR) is 77.6 cm³/mol. The highest BCUT2D eigenvalue weighted by molar-refractivity contribution is 5.94. The zero-order valence-electron chi connectivity index (χ0n) is 12.0. The Labute approximate surface area is 119 Å². The highest BCUT2D eigenvalue weighted by Gasteiger charge is 2.15. The number of nitrogens with two attached hydrogens (primary N) is 1. The molecule has 5 heteroatoms. The lowest BCUT2D eigenvalue weighted by molar-refractivity contribution is 0.0703. The third-order valence-corrected chi connectivity index (χ3v) is 2.66. The zero-order valence-corrected chi connectivity index (χ0v) is 12.0. The predicted octanol–water partition coefficient (Wildman–Crippen LogP) is 0.458. The maximum atomic E-state index is 12.2. The summed E-state index contributed by atoms with van der Waals surface area (Å²) in [5.74, 6) is 6.04. The van der Waals surface area contributed by atoms with Crippen LogP contribution < -0.4 is 10.5 Å². The SMILES string of the molecule is COc1ccc(C(=O)N(C)CC(C)O)cc1C#CCN. The van der Waals surface area contributed by atoms with Gasteiger partial charge in [0.25, 0.3) is 5.91 Å². The van der Waals surface area contributed by atoms with Gasteiger partial charge in [-0.25, -0.2) is 0 Å². The summed E-state index contributed by atoms with van der Waals surface area (Å²) in [5, 5.41) is 9.32. The van der Waals surface area contributed by atoms with Gasteiger partial charge < -0.3 is 20.5 Å². The first-order valence-electron chi connectivity index (χ1n) is 6.30. The summed E-state index contributed by atoms with van der Waals surface area (Å²) in [6.45, 7) is 2.15. The van der Waals surface area contributed by atoms with Gasteiger partial charge in [-0.2, -0.15) is 0 Å². The Morgan fingerprint density at radius 1 is 1.55 bits per heavy atom. The fourth-order valence-corrected chi connectivity index (χ4v) is 1.78. The minimum atomic E-state index is -0.571. The molecule has 1 atom stereocenters. The number of carbonyl (C=O) groups is 1. The monoisotopic (exact) mass is 276 g/mol. The van der Waals surface area contributed by atoms with Crippen LogP contribution in [0.2, 0.25) is 0 Å². The third-order valence-electron chi connectivity index (χ3n) is 2.66. The number of aliphatic hydroxyl groups is 1. The van der Waals surface area contributed by atoms with Crippen LogP contribution in [-0.4, -0.2) is 49.3 Å². The zero-order chi connectivity index (χ0) is 15.1. The minimum Gasteiger partial charge on any atom is -0.495 e. The van der Waals surface area contributed by atoms with Gasteiger partial charge in [-0.15, -0.1) is 0 Å². The normalized spacial score (nSPS) is 11.2. The molecule has 1 aromatic rings. The number of carbonyl (C=O) groups excluding carboxylic acids is 1. The number of nitrogens with zero attached hydrogens (tertiary/aromatic N) is 1. The van der Waals surface area contributed by atoms with Crippen molar-refractivity contribution in [1.82, 2.24) is 4.90 Å². The molecule has 1 rings (SSSR count). The van der Waals surface area contributed by atoms with Crippen molar-refractivity contribution in [2.75, 3.05) is 27.2 Å². The van der Waals surface area contributed by atoms with Crippen molar-refractivity contribution in [3.63, 3.8) is 0 Å². The number of rotatable bonds is 4. The van der Waals surface area contributed by atoms with E-state index in [1.165, 1.54) is 4.90 Å². The van der Waals surface area contributed by atoms with Crippen molar-refractivity contribution >= 4 is 5.91 Å². The second-order valence-corrected chi connectivity index (χ2v) is 4.46. The van der Waals surface area contributed by atoms with Gasteiger partial charge in [0.1, 0.15) is 5.75 Å². The standard InChI is InChI=1S/C15H20N2O3/c1-11(18)10-17(2)15(19)13-6-7-14(20-3)12(9-13)5-4-8-16/h6-7,9,11,18H,8,10,16H2,1-3H3. The van der Waals surface area contributed by atoms with E-state index in [9.17, 15) is 9.90 Å². The van der Waals surface area contributed by atoms with Crippen LogP contribution in [0.4, 0.5) is 0 Å². The van der Waals surface area contributed by atoms with E-state index >= 15 is 0 Å². The van der Waals surface area contributed by atoms with Crippen LogP contribution in [-0.2, 0) is 0 Å². The van der Waals surface area contributed by atoms with Gasteiger partial charge in [0, 0.05) is 19.2 Å². The Hall–Kier alpha value is -2.03. The molecule has 0 aromatic heterocycles. The summed E-state index contributed by atoms with van der Waals surface area (Å²) >= 11 is 0. The summed E-state index contributed by atoms with van der Waals surface area (Å²) < 4.78 is 5.19. The first kappa shape index (κ1) is 16.0. The molecule has 5 nitrogen and oxygen atoms in total. The molecule has 1 unspecified atom stereocenters. The molecule has 20 heavy (non-hydrogen) atoms. The van der Waals surface area contributed by atoms with Crippen molar-refractivity contribution in [3.8, 4) is 17.6 Å². The van der Waals surface area contributed by atoms with Crippen LogP contribution in [0.5, 0.6) is 5.75 Å². The number of likely N-dealkylation sites (N-methyl/N-ethyl adjacent to an activating group) is 1. The van der Waals surface area contributed by atoms with Gasteiger partial charge in [-0.3, -0.25) is 4.79 Å². The smallest absolute Gasteiger partial charge is 0.253 e. The molecule has 0 saturated heterocycles. The molecule has 1 amide bonds. The first-order valence-corrected chi connectivity index (χ1v) is 6.30. The molecule has 0 spiro atoms. The molecule has 0 bridgehead atoms. The van der Waals surface area contributed by atoms with Gasteiger partial charge in [-0.1, -0.05) is 11.8 Å². The van der Waals surface area contributed by atoms with Crippen LogP contribution in [0.25, 0.3) is 0 Å². The largest absolute Gasteiger partial charge is 0.495 e. The molecule has 0 saturated carbocycles. The Morgan fingerprint density at radius 2 is 2.25 bits per heavy atom. The van der Waals surface area contributed by atoms with Gasteiger partial charge in [0.2, 0.25) is 0 Å². The number of hydrogen-bond acceptors (Lipinski definition) is 4. The number of ether oxygens (including phenoxy) is 1. The van der Waals surface area contributed by atoms with Crippen LogP contribution in [0.1, 0.15) is 22.8 Å². The number of benzene rings is 1. The van der Waals surface area contributed by atoms with Crippen molar-refractivity contribution in [1.29, 1.82) is 0 Å². The lowest BCUT2D eigenvalue weighted by atomic mass is 10.1. The first-order chi connectivity index (χ1) is 9.49. The van der Waals surface area contributed by atoms with Crippen molar-refractivity contribution in [3.05, 3.63) is 29.3 Å². The van der Waals surface area contributed by atoms with Gasteiger partial charge in [0.05, 0.1) is 25.3 Å². The molecular formula is C15H20N2O3. The number of hydrogen-bond donors (Lipinski definition) is 2. The molecule has 0 aliphatic rings. The fraction of sp³-hybridized carbons (Fsp3) is 0.400. The number of aliphatic hydroxyl groups excluding tert-OH is 1. The van der Waals surface area contributed by atoms with E-state index in [1.807, 2.05) is 0 Å². The molecule has 108 valence electrons. The molecule has 1 aromatic carbocycles. The lowest BCUT2D eigenvalue weighted by Gasteiger charge is -2.19. The van der Waals surface area contributed by atoms with E-state index in [1.54, 1.807) is 39.3 Å². The second-order valence-electron chi connectivity index (χ2n) is 4.46. The topological polar surface area (TPSA) is 75.8 Å². The van der Waals surface area contributed by atoms with Crippen molar-refractivity contribution in [2.45, 2.75) is 13.0 Å². The van der Waals surface area contributed by atoms with Gasteiger partial charge >= 0.3 is 0 Å². The Bertz CT molecular complexity index is 530. The summed E-state index contributed by atoms with van der Waals surface area (Å²) in [6.07, 6.45) is -0.571. The van der Waals surface area contributed by atoms with E-state index in [-0.39, 0.29) is 19.0 Å². The summed E-state index contributed by atoms with van der Waals surface area (Å²) in [5.41, 5.74) is 6.47. The van der Waals surface area contributed by atoms with Crippen LogP contribution >= 0.6 is 0 Å². The average molecular weight is 276 g/mol. The molecule has 0 aliphatic heterocycles. The molecule has 3 N–H and O–H groups in total. The molecule has 0 radical (unpaired) electrons. The fourth-order valence-electron chi connectivity index (χ4n) is 1.78. The average Bonchev–Trinajstić information content (AvgIpc) is 2.43. The quantitative estimate of drug-likeness (QED) is 0.783. The van der Waals surface area contributed by atoms with Crippen molar-refractivity contribution in [2.24, 2.45) is 5.73 Å². The van der Waals surface area contributed by atoms with E-state index in [2.05, 4.69) is 11.8 Å². The molecular weight excluding hydrogens is 256 g/mol. The number of amides is 1. The van der Waals surface area contributed by atoms with E-state index in [0.29, 0.717) is 16.9 Å². The number of methoxy groups -OCH3 is 1. The Balaban J connectivity index is 3.04. The lowest BCUT2D eigenvalue weighted by Crippen LogP contribution is -2.33. The Morgan fingerprint density at radius 3 is 2.80 bits per heavy atom. The Kier molecular flexibility index (Phi) is 6.04. The molecule has 0 heterocycles. The molecule has 0 fully saturated rings. The minimum absolute atomic E-state index is 0.177. The van der Waals surface area contributed by atoms with E-state index in [0.717, 1.165) is 0 Å². The maximum Gasteiger partial charge on any atom is 0.253 e. The van der Waals surface area contributed by atoms with Crippen LogP contribution in [0, 0.1) is 11.8 Å². The molecule has 0 aliphatic carbocycles.